The first-order chi connectivity index (χ1) is 17.0. The second-order valence-corrected chi connectivity index (χ2v) is 8.69. The molecule has 0 aliphatic carbocycles. The highest BCUT2D eigenvalue weighted by Crippen LogP contribution is 2.35. The normalized spacial score (nSPS) is 14.2. The van der Waals surface area contributed by atoms with Crippen molar-refractivity contribution in [3.63, 3.8) is 0 Å². The van der Waals surface area contributed by atoms with E-state index in [1.807, 2.05) is 0 Å². The van der Waals surface area contributed by atoms with E-state index in [1.54, 1.807) is 0 Å². The number of benzene rings is 2. The van der Waals surface area contributed by atoms with Crippen molar-refractivity contribution in [1.82, 2.24) is 4.98 Å². The number of halogens is 5. The third-order valence-corrected chi connectivity index (χ3v) is 6.12. The summed E-state index contributed by atoms with van der Waals surface area (Å²) < 4.78 is 77.8. The molecule has 2 heterocycles. The lowest BCUT2D eigenvalue weighted by Gasteiger charge is -2.29. The van der Waals surface area contributed by atoms with Crippen molar-refractivity contribution < 1.29 is 31.5 Å². The second-order valence-electron chi connectivity index (χ2n) is 8.69. The average molecular weight is 505 g/mol. The number of pyridine rings is 1. The number of hydrogen-bond donors (Lipinski definition) is 0. The lowest BCUT2D eigenvalue weighted by molar-refractivity contribution is 0.0164. The Morgan fingerprint density at radius 1 is 1.08 bits per heavy atom. The van der Waals surface area contributed by atoms with Crippen molar-refractivity contribution >= 4 is 17.4 Å². The summed E-state index contributed by atoms with van der Waals surface area (Å²) in [6.07, 6.45) is 1.32. The number of carbonyl (C=O) groups excluding carboxylic acids is 1. The summed E-state index contributed by atoms with van der Waals surface area (Å²) >= 11 is 0. The van der Waals surface area contributed by atoms with Gasteiger partial charge in [-0.05, 0) is 49.2 Å². The standard InChI is InChI=1S/C26H24F5N3O2/c1-15-20(26(2,30)31)11-17(12-32-15)33-8-7-18-21(27)5-4-6-24(18)34(25(33)35)13-19-22(28)9-16(14-36-3)10-23(19)29/h4-6,9-12H,7-8,13-14H2,1-3H3. The monoisotopic (exact) mass is 505 g/mol. The fourth-order valence-corrected chi connectivity index (χ4v) is 4.34. The van der Waals surface area contributed by atoms with Gasteiger partial charge >= 0.3 is 6.03 Å². The number of ether oxygens (including phenoxy) is 1. The van der Waals surface area contributed by atoms with Gasteiger partial charge in [-0.25, -0.2) is 26.7 Å². The third kappa shape index (κ3) is 4.90. The van der Waals surface area contributed by atoms with E-state index in [-0.39, 0.29) is 53.3 Å². The Hall–Kier alpha value is -3.53. The van der Waals surface area contributed by atoms with Crippen LogP contribution < -0.4 is 9.80 Å². The Labute approximate surface area is 205 Å². The number of anilines is 2. The Morgan fingerprint density at radius 3 is 2.42 bits per heavy atom. The predicted molar refractivity (Wildman–Crippen MR) is 125 cm³/mol. The van der Waals surface area contributed by atoms with Crippen LogP contribution >= 0.6 is 0 Å². The van der Waals surface area contributed by atoms with Gasteiger partial charge in [-0.1, -0.05) is 6.07 Å². The molecule has 1 aromatic heterocycles. The Balaban J connectivity index is 1.80. The molecule has 5 nitrogen and oxygen atoms in total. The molecule has 0 spiro atoms. The third-order valence-electron chi connectivity index (χ3n) is 6.12. The molecule has 0 fully saturated rings. The summed E-state index contributed by atoms with van der Waals surface area (Å²) in [4.78, 5) is 19.9. The van der Waals surface area contributed by atoms with Crippen molar-refractivity contribution in [3.05, 3.63) is 88.0 Å². The van der Waals surface area contributed by atoms with Crippen LogP contribution in [0.15, 0.2) is 42.6 Å². The van der Waals surface area contributed by atoms with Crippen LogP contribution in [0, 0.1) is 24.4 Å². The van der Waals surface area contributed by atoms with E-state index in [1.165, 1.54) is 38.4 Å². The van der Waals surface area contributed by atoms with Crippen LogP contribution in [0.1, 0.15) is 34.9 Å². The number of fused-ring (bicyclic) bond motifs is 1. The van der Waals surface area contributed by atoms with Gasteiger partial charge in [0.25, 0.3) is 5.92 Å². The highest BCUT2D eigenvalue weighted by molar-refractivity contribution is 6.04. The zero-order valence-electron chi connectivity index (χ0n) is 19.9. The fourth-order valence-electron chi connectivity index (χ4n) is 4.34. The first kappa shape index (κ1) is 25.6. The molecule has 10 heteroatoms. The van der Waals surface area contributed by atoms with Gasteiger partial charge in [-0.2, -0.15) is 0 Å². The van der Waals surface area contributed by atoms with Crippen LogP contribution in [-0.4, -0.2) is 24.7 Å². The molecule has 0 bridgehead atoms. The van der Waals surface area contributed by atoms with Crippen LogP contribution in [0.25, 0.3) is 0 Å². The van der Waals surface area contributed by atoms with Crippen molar-refractivity contribution in [2.75, 3.05) is 23.5 Å². The predicted octanol–water partition coefficient (Wildman–Crippen LogP) is 6.25. The van der Waals surface area contributed by atoms with Crippen molar-refractivity contribution in [3.8, 4) is 0 Å². The van der Waals surface area contributed by atoms with E-state index in [2.05, 4.69) is 4.98 Å². The molecule has 1 aliphatic rings. The fraction of sp³-hybridized carbons (Fsp3) is 0.308. The minimum atomic E-state index is -3.22. The Bertz CT molecular complexity index is 1290. The molecule has 0 unspecified atom stereocenters. The van der Waals surface area contributed by atoms with Crippen LogP contribution in [0.5, 0.6) is 0 Å². The molecule has 190 valence electrons. The molecule has 2 amide bonds. The number of aromatic nitrogens is 1. The summed E-state index contributed by atoms with van der Waals surface area (Å²) in [5.74, 6) is -5.60. The molecule has 0 N–H and O–H groups in total. The average Bonchev–Trinajstić information content (AvgIpc) is 2.93. The first-order valence-corrected chi connectivity index (χ1v) is 11.2. The number of carbonyl (C=O) groups is 1. The number of amides is 2. The topological polar surface area (TPSA) is 45.7 Å². The van der Waals surface area contributed by atoms with Gasteiger partial charge in [0.15, 0.2) is 0 Å². The zero-order valence-corrected chi connectivity index (χ0v) is 19.9. The lowest BCUT2D eigenvalue weighted by atomic mass is 10.1. The summed E-state index contributed by atoms with van der Waals surface area (Å²) in [6, 6.07) is 6.71. The van der Waals surface area contributed by atoms with E-state index in [4.69, 9.17) is 4.74 Å². The van der Waals surface area contributed by atoms with Crippen molar-refractivity contribution in [2.24, 2.45) is 0 Å². The SMILES string of the molecule is COCc1cc(F)c(CN2C(=O)N(c3cnc(C)c(C(C)(F)F)c3)CCc3c(F)cccc32)c(F)c1. The van der Waals surface area contributed by atoms with Gasteiger partial charge in [-0.15, -0.1) is 0 Å². The molecule has 36 heavy (non-hydrogen) atoms. The summed E-state index contributed by atoms with van der Waals surface area (Å²) in [5.41, 5.74) is -0.0159. The van der Waals surface area contributed by atoms with Crippen molar-refractivity contribution in [2.45, 2.75) is 39.3 Å². The summed E-state index contributed by atoms with van der Waals surface area (Å²) in [7, 11) is 1.39. The van der Waals surface area contributed by atoms with E-state index >= 15 is 0 Å². The first-order valence-electron chi connectivity index (χ1n) is 11.2. The molecule has 1 aliphatic heterocycles. The molecule has 0 atom stereocenters. The Morgan fingerprint density at radius 2 is 1.78 bits per heavy atom. The molecular formula is C26H24F5N3O2. The largest absolute Gasteiger partial charge is 0.380 e. The quantitative estimate of drug-likeness (QED) is 0.372. The summed E-state index contributed by atoms with van der Waals surface area (Å²) in [5, 5.41) is 0. The maximum Gasteiger partial charge on any atom is 0.329 e. The highest BCUT2D eigenvalue weighted by Gasteiger charge is 2.34. The molecular weight excluding hydrogens is 481 g/mol. The van der Waals surface area contributed by atoms with Gasteiger partial charge in [-0.3, -0.25) is 14.8 Å². The van der Waals surface area contributed by atoms with E-state index in [9.17, 15) is 26.7 Å². The van der Waals surface area contributed by atoms with Gasteiger partial charge in [0.1, 0.15) is 17.5 Å². The number of alkyl halides is 2. The number of aryl methyl sites for hydroxylation is 1. The smallest absolute Gasteiger partial charge is 0.329 e. The van der Waals surface area contributed by atoms with E-state index in [0.29, 0.717) is 0 Å². The second kappa shape index (κ2) is 9.85. The van der Waals surface area contributed by atoms with Crippen LogP contribution in [0.3, 0.4) is 0 Å². The minimum absolute atomic E-state index is 0.0105. The molecule has 0 saturated carbocycles. The highest BCUT2D eigenvalue weighted by atomic mass is 19.3. The van der Waals surface area contributed by atoms with Crippen LogP contribution in [-0.2, 0) is 30.2 Å². The Kier molecular flexibility index (Phi) is 6.99. The van der Waals surface area contributed by atoms with Crippen LogP contribution in [0.2, 0.25) is 0 Å². The van der Waals surface area contributed by atoms with Gasteiger partial charge in [0, 0.05) is 43.0 Å². The molecule has 0 saturated heterocycles. The number of rotatable bonds is 6. The van der Waals surface area contributed by atoms with Gasteiger partial charge < -0.3 is 4.74 Å². The number of hydrogen-bond acceptors (Lipinski definition) is 3. The van der Waals surface area contributed by atoms with E-state index < -0.39 is 41.5 Å². The number of methoxy groups -OCH3 is 1. The van der Waals surface area contributed by atoms with Crippen molar-refractivity contribution in [1.29, 1.82) is 0 Å². The van der Waals surface area contributed by atoms with Crippen LogP contribution in [0.4, 0.5) is 38.1 Å². The van der Waals surface area contributed by atoms with E-state index in [0.717, 1.165) is 34.9 Å². The molecule has 3 aromatic rings. The molecule has 0 radical (unpaired) electrons. The van der Waals surface area contributed by atoms with Gasteiger partial charge in [0.2, 0.25) is 0 Å². The molecule has 4 rings (SSSR count). The molecule has 2 aromatic carbocycles. The summed E-state index contributed by atoms with van der Waals surface area (Å²) in [6.45, 7) is 1.54. The maximum absolute atomic E-state index is 14.9. The zero-order chi connectivity index (χ0) is 26.2. The maximum atomic E-state index is 14.9. The number of nitrogens with zero attached hydrogens (tertiary/aromatic N) is 3. The van der Waals surface area contributed by atoms with Gasteiger partial charge in [0.05, 0.1) is 30.7 Å². The number of urea groups is 1. The lowest BCUT2D eigenvalue weighted by Crippen LogP contribution is -2.43. The minimum Gasteiger partial charge on any atom is -0.380 e.